The largest absolute Gasteiger partial charge is 0.368 e. The van der Waals surface area contributed by atoms with Crippen LogP contribution in [0.25, 0.3) is 0 Å². The zero-order chi connectivity index (χ0) is 19.6. The lowest BCUT2D eigenvalue weighted by molar-refractivity contribution is -0.655. The van der Waals surface area contributed by atoms with E-state index in [0.717, 1.165) is 25.2 Å². The molecule has 0 aliphatic rings. The van der Waals surface area contributed by atoms with Crippen LogP contribution in [0.3, 0.4) is 0 Å². The summed E-state index contributed by atoms with van der Waals surface area (Å²) < 4.78 is 0. The first-order chi connectivity index (χ1) is 13.2. The fourth-order valence-corrected chi connectivity index (χ4v) is 3.20. The number of rotatable bonds is 18. The number of nitrogens with two attached hydrogens (primary N) is 1. The Morgan fingerprint density at radius 2 is 1.44 bits per heavy atom. The van der Waals surface area contributed by atoms with Crippen LogP contribution in [0.4, 0.5) is 5.82 Å². The highest BCUT2D eigenvalue weighted by molar-refractivity contribution is 5.37. The second-order valence-electron chi connectivity index (χ2n) is 7.46. The highest BCUT2D eigenvalue weighted by Gasteiger charge is 2.01. The molecular weight excluding hydrogens is 340 g/mol. The van der Waals surface area contributed by atoms with Crippen molar-refractivity contribution in [2.24, 2.45) is 0 Å². The number of aromatic amines is 1. The molecule has 1 aromatic rings. The van der Waals surface area contributed by atoms with Crippen molar-refractivity contribution in [3.05, 3.63) is 16.2 Å². The van der Waals surface area contributed by atoms with Crippen molar-refractivity contribution in [3.8, 4) is 0 Å². The average molecular weight is 383 g/mol. The summed E-state index contributed by atoms with van der Waals surface area (Å²) in [6, 6.07) is 0. The number of aromatic nitrogens is 3. The zero-order valence-electron chi connectivity index (χ0n) is 17.4. The molecule has 27 heavy (non-hydrogen) atoms. The third kappa shape index (κ3) is 13.4. The van der Waals surface area contributed by atoms with E-state index in [1.54, 1.807) is 0 Å². The third-order valence-electron chi connectivity index (χ3n) is 4.91. The predicted molar refractivity (Wildman–Crippen MR) is 111 cm³/mol. The number of H-pyrrole nitrogens is 1. The van der Waals surface area contributed by atoms with Gasteiger partial charge in [-0.3, -0.25) is 0 Å². The minimum absolute atomic E-state index is 0.398. The van der Waals surface area contributed by atoms with Crippen LogP contribution in [0.1, 0.15) is 82.7 Å². The standard InChI is InChI=1S/C20H40N6O/c1-18-19(24-20(27)26-25-18)23-17-13-9-5-4-8-12-16-22-15-11-7-3-2-6-10-14-21/h22H,2-17,21H2,1H3,(H2,23,24,26,27)/p+2. The van der Waals surface area contributed by atoms with E-state index >= 15 is 0 Å². The second kappa shape index (κ2) is 16.7. The van der Waals surface area contributed by atoms with E-state index in [1.807, 2.05) is 6.92 Å². The minimum Gasteiger partial charge on any atom is -0.368 e. The molecule has 0 saturated heterocycles. The van der Waals surface area contributed by atoms with Gasteiger partial charge in [0.05, 0.1) is 19.6 Å². The topological polar surface area (TPSA) is 115 Å². The molecule has 0 amide bonds. The molecule has 0 bridgehead atoms. The maximum atomic E-state index is 11.2. The SMILES string of the molecule is Cc1n[nH]c(=O)nc1NCCCCCCCC[NH2+]CCCCCCCC[NH3+]. The number of nitrogens with zero attached hydrogens (tertiary/aromatic N) is 2. The van der Waals surface area contributed by atoms with E-state index in [9.17, 15) is 4.79 Å². The van der Waals surface area contributed by atoms with E-state index in [1.165, 1.54) is 83.7 Å². The molecule has 7 heteroatoms. The van der Waals surface area contributed by atoms with Gasteiger partial charge in [-0.15, -0.1) is 0 Å². The van der Waals surface area contributed by atoms with Crippen LogP contribution in [-0.2, 0) is 0 Å². The molecule has 0 atom stereocenters. The van der Waals surface area contributed by atoms with Gasteiger partial charge in [-0.05, 0) is 51.9 Å². The molecular formula is C20H42N6O+2. The maximum Gasteiger partial charge on any atom is 0.363 e. The van der Waals surface area contributed by atoms with E-state index in [0.29, 0.717) is 5.82 Å². The Kier molecular flexibility index (Phi) is 14.6. The zero-order valence-corrected chi connectivity index (χ0v) is 17.4. The molecule has 156 valence electrons. The molecule has 7 N–H and O–H groups in total. The first kappa shape index (κ1) is 23.6. The summed E-state index contributed by atoms with van der Waals surface area (Å²) in [6.07, 6.45) is 15.8. The fraction of sp³-hybridized carbons (Fsp3) is 0.850. The minimum atomic E-state index is -0.398. The van der Waals surface area contributed by atoms with Crippen molar-refractivity contribution in [1.82, 2.24) is 15.2 Å². The number of aryl methyl sites for hydroxylation is 1. The smallest absolute Gasteiger partial charge is 0.363 e. The summed E-state index contributed by atoms with van der Waals surface area (Å²) in [5.74, 6) is 0.604. The first-order valence-electron chi connectivity index (χ1n) is 11.0. The molecule has 0 fully saturated rings. The van der Waals surface area contributed by atoms with Crippen LogP contribution in [0.2, 0.25) is 0 Å². The Balaban J connectivity index is 1.79. The van der Waals surface area contributed by atoms with Crippen LogP contribution < -0.4 is 22.1 Å². The van der Waals surface area contributed by atoms with Gasteiger partial charge in [-0.2, -0.15) is 10.1 Å². The van der Waals surface area contributed by atoms with Gasteiger partial charge in [-0.25, -0.2) is 9.89 Å². The first-order valence-corrected chi connectivity index (χ1v) is 11.0. The second-order valence-corrected chi connectivity index (χ2v) is 7.46. The molecule has 0 aromatic carbocycles. The predicted octanol–water partition coefficient (Wildman–Crippen LogP) is 1.37. The lowest BCUT2D eigenvalue weighted by Crippen LogP contribution is -2.84. The van der Waals surface area contributed by atoms with Gasteiger partial charge in [0.1, 0.15) is 5.69 Å². The maximum absolute atomic E-state index is 11.2. The van der Waals surface area contributed by atoms with Gasteiger partial charge in [-0.1, -0.05) is 32.1 Å². The summed E-state index contributed by atoms with van der Waals surface area (Å²) in [5, 5.41) is 11.9. The fourth-order valence-electron chi connectivity index (χ4n) is 3.20. The Hall–Kier alpha value is -1.47. The van der Waals surface area contributed by atoms with Crippen molar-refractivity contribution < 1.29 is 11.1 Å². The van der Waals surface area contributed by atoms with Crippen molar-refractivity contribution in [2.45, 2.75) is 84.0 Å². The molecule has 0 radical (unpaired) electrons. The molecule has 0 aliphatic carbocycles. The number of anilines is 1. The van der Waals surface area contributed by atoms with Crippen molar-refractivity contribution in [1.29, 1.82) is 0 Å². The quantitative estimate of drug-likeness (QED) is 0.287. The number of hydrogen-bond acceptors (Lipinski definition) is 4. The Labute approximate surface area is 164 Å². The number of quaternary nitrogens is 2. The summed E-state index contributed by atoms with van der Waals surface area (Å²) in [5.41, 5.74) is 4.22. The average Bonchev–Trinajstić information content (AvgIpc) is 2.67. The summed E-state index contributed by atoms with van der Waals surface area (Å²) >= 11 is 0. The van der Waals surface area contributed by atoms with Crippen LogP contribution in [0.15, 0.2) is 4.79 Å². The Morgan fingerprint density at radius 3 is 2.07 bits per heavy atom. The number of nitrogens with one attached hydrogen (secondary N) is 2. The monoisotopic (exact) mass is 382 g/mol. The van der Waals surface area contributed by atoms with Gasteiger partial charge >= 0.3 is 5.69 Å². The Bertz CT molecular complexity index is 519. The summed E-state index contributed by atoms with van der Waals surface area (Å²) in [4.78, 5) is 15.0. The van der Waals surface area contributed by atoms with E-state index < -0.39 is 5.69 Å². The molecule has 0 spiro atoms. The third-order valence-corrected chi connectivity index (χ3v) is 4.91. The van der Waals surface area contributed by atoms with Crippen molar-refractivity contribution in [2.75, 3.05) is 31.5 Å². The molecule has 0 unspecified atom stereocenters. The van der Waals surface area contributed by atoms with Gasteiger partial charge < -0.3 is 16.4 Å². The lowest BCUT2D eigenvalue weighted by Gasteiger charge is -2.06. The van der Waals surface area contributed by atoms with Gasteiger partial charge in [0, 0.05) is 6.54 Å². The molecule has 0 aliphatic heterocycles. The van der Waals surface area contributed by atoms with Gasteiger partial charge in [0.15, 0.2) is 5.82 Å². The van der Waals surface area contributed by atoms with Crippen LogP contribution in [0, 0.1) is 6.92 Å². The Morgan fingerprint density at radius 1 is 0.889 bits per heavy atom. The number of unbranched alkanes of at least 4 members (excludes halogenated alkanes) is 10. The molecule has 1 rings (SSSR count). The van der Waals surface area contributed by atoms with Crippen LogP contribution in [-0.4, -0.2) is 41.4 Å². The van der Waals surface area contributed by atoms with Crippen molar-refractivity contribution >= 4 is 5.82 Å². The lowest BCUT2D eigenvalue weighted by atomic mass is 10.1. The number of hydrogen-bond donors (Lipinski definition) is 4. The van der Waals surface area contributed by atoms with Gasteiger partial charge in [0.2, 0.25) is 0 Å². The van der Waals surface area contributed by atoms with E-state index in [4.69, 9.17) is 0 Å². The molecule has 7 nitrogen and oxygen atoms in total. The molecule has 1 heterocycles. The normalized spacial score (nSPS) is 11.0. The van der Waals surface area contributed by atoms with Crippen LogP contribution in [0.5, 0.6) is 0 Å². The summed E-state index contributed by atoms with van der Waals surface area (Å²) in [6.45, 7) is 6.36. The highest BCUT2D eigenvalue weighted by Crippen LogP contribution is 2.07. The van der Waals surface area contributed by atoms with E-state index in [2.05, 4.69) is 31.5 Å². The van der Waals surface area contributed by atoms with Crippen LogP contribution >= 0.6 is 0 Å². The van der Waals surface area contributed by atoms with Gasteiger partial charge in [0.25, 0.3) is 0 Å². The summed E-state index contributed by atoms with van der Waals surface area (Å²) in [7, 11) is 0. The molecule has 1 aromatic heterocycles. The van der Waals surface area contributed by atoms with E-state index in [-0.39, 0.29) is 0 Å². The molecule has 0 saturated carbocycles. The van der Waals surface area contributed by atoms with Crippen molar-refractivity contribution in [3.63, 3.8) is 0 Å². The highest BCUT2D eigenvalue weighted by atomic mass is 16.1.